The normalized spacial score (nSPS) is 18.4. The first-order valence-corrected chi connectivity index (χ1v) is 9.05. The maximum absolute atomic E-state index is 13.1. The van der Waals surface area contributed by atoms with Gasteiger partial charge < -0.3 is 10.0 Å². The van der Waals surface area contributed by atoms with Crippen molar-refractivity contribution < 1.29 is 14.7 Å². The lowest BCUT2D eigenvalue weighted by Gasteiger charge is -2.22. The van der Waals surface area contributed by atoms with Crippen molar-refractivity contribution in [3.63, 3.8) is 0 Å². The number of carbonyl (C=O) groups is 2. The zero-order valence-corrected chi connectivity index (χ0v) is 15.4. The van der Waals surface area contributed by atoms with Crippen LogP contribution in [0.3, 0.4) is 0 Å². The number of Topliss-reactive ketones (excluding diaryl/α,β-unsaturated/α-hetero) is 1. The Labute approximate surface area is 162 Å². The number of amides is 1. The van der Waals surface area contributed by atoms with Gasteiger partial charge in [-0.1, -0.05) is 48.0 Å². The average molecular weight is 376 g/mol. The molecule has 2 aromatic carbocycles. The Kier molecular flexibility index (Phi) is 4.52. The average Bonchev–Trinajstić information content (AvgIpc) is 3.28. The van der Waals surface area contributed by atoms with E-state index in [1.165, 1.54) is 11.2 Å². The van der Waals surface area contributed by atoms with Gasteiger partial charge in [-0.3, -0.25) is 14.3 Å². The number of hydrogen-bond donors (Lipinski definition) is 1. The molecule has 0 radical (unpaired) electrons. The van der Waals surface area contributed by atoms with Gasteiger partial charge in [-0.2, -0.15) is 5.10 Å². The van der Waals surface area contributed by atoms with Gasteiger partial charge in [-0.15, -0.1) is 0 Å². The van der Waals surface area contributed by atoms with E-state index in [9.17, 15) is 14.7 Å². The summed E-state index contributed by atoms with van der Waals surface area (Å²) in [6.45, 7) is 2.69. The second-order valence-electron chi connectivity index (χ2n) is 6.96. The Morgan fingerprint density at radius 3 is 2.57 bits per heavy atom. The molecule has 28 heavy (non-hydrogen) atoms. The molecule has 4 rings (SSSR count). The molecule has 0 spiro atoms. The lowest BCUT2D eigenvalue weighted by atomic mass is 9.88. The fraction of sp³-hybridized carbons (Fsp3) is 0.238. The van der Waals surface area contributed by atoms with E-state index < -0.39 is 11.5 Å². The minimum absolute atomic E-state index is 0.274. The summed E-state index contributed by atoms with van der Waals surface area (Å²) in [6.07, 6.45) is 2.70. The van der Waals surface area contributed by atoms with Gasteiger partial charge in [-0.05, 0) is 13.0 Å². The predicted molar refractivity (Wildman–Crippen MR) is 103 cm³/mol. The third-order valence-electron chi connectivity index (χ3n) is 5.05. The Morgan fingerprint density at radius 2 is 1.86 bits per heavy atom. The molecule has 0 saturated carbocycles. The van der Waals surface area contributed by atoms with Crippen LogP contribution in [0.15, 0.2) is 61.2 Å². The third kappa shape index (κ3) is 3.10. The molecule has 2 heterocycles. The second kappa shape index (κ2) is 7.01. The first-order valence-electron chi connectivity index (χ1n) is 9.05. The second-order valence-corrected chi connectivity index (χ2v) is 6.96. The zero-order chi connectivity index (χ0) is 19.7. The number of rotatable bonds is 6. The lowest BCUT2D eigenvalue weighted by molar-refractivity contribution is -0.135. The standard InChI is InChI=1S/C21H20N4O3/c1-15-6-8-16(9-7-15)19(26)12-21(28)17-4-2-3-5-18(17)25(20(21)27)11-10-24-14-22-13-23-24/h2-9,13-14,28H,10-12H2,1H3. The van der Waals surface area contributed by atoms with Crippen LogP contribution in [0, 0.1) is 6.92 Å². The largest absolute Gasteiger partial charge is 0.375 e. The molecule has 1 aromatic heterocycles. The summed E-state index contributed by atoms with van der Waals surface area (Å²) in [7, 11) is 0. The molecule has 0 fully saturated rings. The van der Waals surface area contributed by atoms with Crippen molar-refractivity contribution in [3.05, 3.63) is 77.9 Å². The SMILES string of the molecule is Cc1ccc(C(=O)CC2(O)C(=O)N(CCn3cncn3)c3ccccc32)cc1. The van der Waals surface area contributed by atoms with Gasteiger partial charge in [0.15, 0.2) is 11.4 Å². The van der Waals surface area contributed by atoms with E-state index in [1.807, 2.05) is 25.1 Å². The van der Waals surface area contributed by atoms with Crippen molar-refractivity contribution in [1.82, 2.24) is 14.8 Å². The van der Waals surface area contributed by atoms with Crippen molar-refractivity contribution in [2.75, 3.05) is 11.4 Å². The number of para-hydroxylation sites is 1. The number of aryl methyl sites for hydroxylation is 1. The number of aliphatic hydroxyl groups is 1. The van der Waals surface area contributed by atoms with E-state index in [-0.39, 0.29) is 12.2 Å². The molecule has 0 aliphatic carbocycles. The molecule has 0 bridgehead atoms. The van der Waals surface area contributed by atoms with E-state index in [4.69, 9.17) is 0 Å². The van der Waals surface area contributed by atoms with Gasteiger partial charge >= 0.3 is 0 Å². The summed E-state index contributed by atoms with van der Waals surface area (Å²) in [6, 6.07) is 14.2. The number of hydrogen-bond acceptors (Lipinski definition) is 5. The van der Waals surface area contributed by atoms with Gasteiger partial charge in [0.2, 0.25) is 0 Å². The van der Waals surface area contributed by atoms with E-state index in [0.717, 1.165) is 5.56 Å². The van der Waals surface area contributed by atoms with Crippen LogP contribution in [0.1, 0.15) is 27.9 Å². The molecule has 1 atom stereocenters. The lowest BCUT2D eigenvalue weighted by Crippen LogP contribution is -2.43. The van der Waals surface area contributed by atoms with Crippen LogP contribution < -0.4 is 4.90 Å². The van der Waals surface area contributed by atoms with Crippen LogP contribution in [0.5, 0.6) is 0 Å². The number of fused-ring (bicyclic) bond motifs is 1. The van der Waals surface area contributed by atoms with Crippen LogP contribution >= 0.6 is 0 Å². The van der Waals surface area contributed by atoms with Gasteiger partial charge in [0.05, 0.1) is 18.7 Å². The molecule has 7 heteroatoms. The molecular formula is C21H20N4O3. The molecular weight excluding hydrogens is 356 g/mol. The zero-order valence-electron chi connectivity index (χ0n) is 15.4. The molecule has 1 aliphatic heterocycles. The maximum atomic E-state index is 13.1. The summed E-state index contributed by atoms with van der Waals surface area (Å²) in [5.74, 6) is -0.766. The minimum atomic E-state index is -1.87. The van der Waals surface area contributed by atoms with Crippen molar-refractivity contribution in [1.29, 1.82) is 0 Å². The predicted octanol–water partition coefficient (Wildman–Crippen LogP) is 2.09. The molecule has 7 nitrogen and oxygen atoms in total. The molecule has 1 amide bonds. The molecule has 0 saturated heterocycles. The minimum Gasteiger partial charge on any atom is -0.375 e. The Hall–Kier alpha value is -3.32. The highest BCUT2D eigenvalue weighted by Gasteiger charge is 2.50. The molecule has 1 aliphatic rings. The maximum Gasteiger partial charge on any atom is 0.264 e. The van der Waals surface area contributed by atoms with Crippen molar-refractivity contribution in [3.8, 4) is 0 Å². The summed E-state index contributed by atoms with van der Waals surface area (Å²) >= 11 is 0. The van der Waals surface area contributed by atoms with E-state index >= 15 is 0 Å². The number of nitrogens with zero attached hydrogens (tertiary/aromatic N) is 4. The van der Waals surface area contributed by atoms with E-state index in [1.54, 1.807) is 41.3 Å². The molecule has 1 unspecified atom stereocenters. The number of carbonyl (C=O) groups excluding carboxylic acids is 2. The van der Waals surface area contributed by atoms with Crippen molar-refractivity contribution in [2.45, 2.75) is 25.5 Å². The number of benzene rings is 2. The molecule has 3 aromatic rings. The number of aromatic nitrogens is 3. The summed E-state index contributed by atoms with van der Waals surface area (Å²) in [5, 5.41) is 15.3. The third-order valence-corrected chi connectivity index (χ3v) is 5.05. The Morgan fingerprint density at radius 1 is 1.11 bits per heavy atom. The highest BCUT2D eigenvalue weighted by atomic mass is 16.3. The first kappa shape index (κ1) is 18.1. The summed E-state index contributed by atoms with van der Waals surface area (Å²) < 4.78 is 1.62. The highest BCUT2D eigenvalue weighted by molar-refractivity contribution is 6.10. The molecule has 1 N–H and O–H groups in total. The van der Waals surface area contributed by atoms with Crippen LogP contribution in [0.2, 0.25) is 0 Å². The van der Waals surface area contributed by atoms with Crippen molar-refractivity contribution >= 4 is 17.4 Å². The fourth-order valence-corrected chi connectivity index (χ4v) is 3.52. The van der Waals surface area contributed by atoms with Crippen LogP contribution in [-0.2, 0) is 16.9 Å². The van der Waals surface area contributed by atoms with E-state index in [0.29, 0.717) is 29.9 Å². The quantitative estimate of drug-likeness (QED) is 0.666. The fourth-order valence-electron chi connectivity index (χ4n) is 3.52. The van der Waals surface area contributed by atoms with Gasteiger partial charge in [0, 0.05) is 17.7 Å². The smallest absolute Gasteiger partial charge is 0.264 e. The first-order chi connectivity index (χ1) is 13.5. The summed E-state index contributed by atoms with van der Waals surface area (Å²) in [5.41, 5.74) is 0.717. The Balaban J connectivity index is 1.61. The van der Waals surface area contributed by atoms with Crippen molar-refractivity contribution in [2.24, 2.45) is 0 Å². The van der Waals surface area contributed by atoms with Crippen LogP contribution in [-0.4, -0.2) is 38.1 Å². The van der Waals surface area contributed by atoms with E-state index in [2.05, 4.69) is 10.1 Å². The number of anilines is 1. The Bertz CT molecular complexity index is 1010. The van der Waals surface area contributed by atoms with Crippen LogP contribution in [0.25, 0.3) is 0 Å². The van der Waals surface area contributed by atoms with Gasteiger partial charge in [0.1, 0.15) is 12.7 Å². The summed E-state index contributed by atoms with van der Waals surface area (Å²) in [4.78, 5) is 31.3. The highest BCUT2D eigenvalue weighted by Crippen LogP contribution is 2.42. The molecule has 142 valence electrons. The number of ketones is 1. The van der Waals surface area contributed by atoms with Gasteiger partial charge in [-0.25, -0.2) is 4.98 Å². The monoisotopic (exact) mass is 376 g/mol. The van der Waals surface area contributed by atoms with Gasteiger partial charge in [0.25, 0.3) is 5.91 Å². The van der Waals surface area contributed by atoms with Crippen LogP contribution in [0.4, 0.5) is 5.69 Å². The topological polar surface area (TPSA) is 88.3 Å².